The van der Waals surface area contributed by atoms with Gasteiger partial charge in [0.15, 0.2) is 9.84 Å². The number of nitro groups is 1. The van der Waals surface area contributed by atoms with Gasteiger partial charge in [-0.05, 0) is 49.2 Å². The molecule has 0 radical (unpaired) electrons. The third-order valence-corrected chi connectivity index (χ3v) is 6.48. The van der Waals surface area contributed by atoms with Gasteiger partial charge in [-0.25, -0.2) is 8.42 Å². The van der Waals surface area contributed by atoms with Crippen molar-refractivity contribution in [2.75, 3.05) is 29.1 Å². The zero-order chi connectivity index (χ0) is 20.3. The van der Waals surface area contributed by atoms with Gasteiger partial charge in [0.25, 0.3) is 11.6 Å². The second kappa shape index (κ2) is 7.97. The summed E-state index contributed by atoms with van der Waals surface area (Å²) in [7, 11) is -3.32. The fourth-order valence-electron chi connectivity index (χ4n) is 3.15. The van der Waals surface area contributed by atoms with E-state index < -0.39 is 20.7 Å². The molecular formula is C19H21N3O5S. The Balaban J connectivity index is 1.80. The molecule has 1 N–H and O–H groups in total. The van der Waals surface area contributed by atoms with Crippen molar-refractivity contribution < 1.29 is 18.1 Å². The highest BCUT2D eigenvalue weighted by Gasteiger charge is 2.24. The smallest absolute Gasteiger partial charge is 0.293 e. The Kier molecular flexibility index (Phi) is 5.64. The van der Waals surface area contributed by atoms with E-state index in [-0.39, 0.29) is 21.9 Å². The summed E-state index contributed by atoms with van der Waals surface area (Å²) < 4.78 is 23.7. The second-order valence-corrected chi connectivity index (χ2v) is 8.81. The van der Waals surface area contributed by atoms with Crippen molar-refractivity contribution in [1.29, 1.82) is 0 Å². The standard InChI is InChI=1S/C19H21N3O5S/c1-2-28(26,27)16-8-6-15(7-9-16)20-19(23)14-5-10-17(18(13-14)22(24)25)21-11-3-4-12-21/h5-10,13H,2-4,11-12H2,1H3,(H,20,23). The molecule has 1 aliphatic heterocycles. The minimum atomic E-state index is -3.32. The van der Waals surface area contributed by atoms with E-state index in [1.165, 1.54) is 30.3 Å². The molecule has 0 aromatic heterocycles. The number of rotatable bonds is 6. The first-order valence-electron chi connectivity index (χ1n) is 8.99. The lowest BCUT2D eigenvalue weighted by Gasteiger charge is -2.17. The normalized spacial score (nSPS) is 14.1. The maximum atomic E-state index is 12.5. The molecule has 1 amide bonds. The lowest BCUT2D eigenvalue weighted by molar-refractivity contribution is -0.384. The first-order chi connectivity index (χ1) is 13.3. The van der Waals surface area contributed by atoms with Crippen LogP contribution in [0.5, 0.6) is 0 Å². The van der Waals surface area contributed by atoms with Crippen LogP contribution in [0.4, 0.5) is 17.1 Å². The van der Waals surface area contributed by atoms with Crippen LogP contribution >= 0.6 is 0 Å². The second-order valence-electron chi connectivity index (χ2n) is 6.54. The van der Waals surface area contributed by atoms with Gasteiger partial charge < -0.3 is 10.2 Å². The molecule has 148 valence electrons. The molecule has 9 heteroatoms. The molecule has 1 fully saturated rings. The average molecular weight is 403 g/mol. The molecule has 0 bridgehead atoms. The van der Waals surface area contributed by atoms with Crippen molar-refractivity contribution in [3.05, 3.63) is 58.1 Å². The predicted octanol–water partition coefficient (Wildman–Crippen LogP) is 3.24. The minimum absolute atomic E-state index is 0.00819. The maximum absolute atomic E-state index is 12.5. The number of hydrogen-bond acceptors (Lipinski definition) is 6. The van der Waals surface area contributed by atoms with E-state index >= 15 is 0 Å². The Morgan fingerprint density at radius 3 is 2.36 bits per heavy atom. The monoisotopic (exact) mass is 403 g/mol. The first-order valence-corrected chi connectivity index (χ1v) is 10.6. The van der Waals surface area contributed by atoms with Crippen molar-refractivity contribution in [3.63, 3.8) is 0 Å². The van der Waals surface area contributed by atoms with Crippen molar-refractivity contribution in [1.82, 2.24) is 0 Å². The highest BCUT2D eigenvalue weighted by atomic mass is 32.2. The van der Waals surface area contributed by atoms with Gasteiger partial charge in [-0.1, -0.05) is 6.92 Å². The highest BCUT2D eigenvalue weighted by molar-refractivity contribution is 7.91. The molecule has 1 saturated heterocycles. The van der Waals surface area contributed by atoms with Gasteiger partial charge in [-0.2, -0.15) is 0 Å². The topological polar surface area (TPSA) is 110 Å². The summed E-state index contributed by atoms with van der Waals surface area (Å²) in [6, 6.07) is 10.3. The van der Waals surface area contributed by atoms with Gasteiger partial charge in [0.05, 0.1) is 15.6 Å². The molecule has 0 unspecified atom stereocenters. The third kappa shape index (κ3) is 4.14. The quantitative estimate of drug-likeness (QED) is 0.586. The molecule has 2 aromatic carbocycles. The summed E-state index contributed by atoms with van der Waals surface area (Å²) in [6.45, 7) is 3.09. The van der Waals surface area contributed by atoms with Crippen LogP contribution in [0, 0.1) is 10.1 Å². The van der Waals surface area contributed by atoms with Gasteiger partial charge in [0, 0.05) is 30.4 Å². The predicted molar refractivity (Wildman–Crippen MR) is 107 cm³/mol. The van der Waals surface area contributed by atoms with Crippen molar-refractivity contribution in [3.8, 4) is 0 Å². The molecule has 1 heterocycles. The van der Waals surface area contributed by atoms with Gasteiger partial charge in [-0.3, -0.25) is 14.9 Å². The van der Waals surface area contributed by atoms with Crippen molar-refractivity contribution in [2.45, 2.75) is 24.7 Å². The Bertz CT molecular complexity index is 997. The van der Waals surface area contributed by atoms with Crippen LogP contribution in [0.25, 0.3) is 0 Å². The number of hydrogen-bond donors (Lipinski definition) is 1. The summed E-state index contributed by atoms with van der Waals surface area (Å²) in [5.74, 6) is -0.506. The molecular weight excluding hydrogens is 382 g/mol. The molecule has 3 rings (SSSR count). The number of sulfone groups is 1. The summed E-state index contributed by atoms with van der Waals surface area (Å²) in [5, 5.41) is 14.1. The van der Waals surface area contributed by atoms with Gasteiger partial charge in [0.2, 0.25) is 0 Å². The van der Waals surface area contributed by atoms with E-state index in [2.05, 4.69) is 5.32 Å². The van der Waals surface area contributed by atoms with Crippen LogP contribution in [-0.4, -0.2) is 38.1 Å². The van der Waals surface area contributed by atoms with Gasteiger partial charge in [-0.15, -0.1) is 0 Å². The van der Waals surface area contributed by atoms with E-state index in [9.17, 15) is 23.3 Å². The third-order valence-electron chi connectivity index (χ3n) is 4.73. The van der Waals surface area contributed by atoms with E-state index in [0.29, 0.717) is 11.4 Å². The van der Waals surface area contributed by atoms with Crippen LogP contribution in [0.3, 0.4) is 0 Å². The van der Waals surface area contributed by atoms with E-state index in [4.69, 9.17) is 0 Å². The van der Waals surface area contributed by atoms with Crippen LogP contribution in [-0.2, 0) is 9.84 Å². The molecule has 0 saturated carbocycles. The first kappa shape index (κ1) is 19.8. The lowest BCUT2D eigenvalue weighted by atomic mass is 10.1. The largest absolute Gasteiger partial charge is 0.366 e. The molecule has 0 atom stereocenters. The van der Waals surface area contributed by atoms with Gasteiger partial charge >= 0.3 is 0 Å². The van der Waals surface area contributed by atoms with Crippen molar-refractivity contribution in [2.24, 2.45) is 0 Å². The van der Waals surface area contributed by atoms with Crippen LogP contribution in [0.2, 0.25) is 0 Å². The number of carbonyl (C=O) groups excluding carboxylic acids is 1. The van der Waals surface area contributed by atoms with Gasteiger partial charge in [0.1, 0.15) is 5.69 Å². The Labute approximate surface area is 163 Å². The molecule has 0 spiro atoms. The van der Waals surface area contributed by atoms with Crippen LogP contribution in [0.15, 0.2) is 47.4 Å². The summed E-state index contributed by atoms with van der Waals surface area (Å²) >= 11 is 0. The zero-order valence-electron chi connectivity index (χ0n) is 15.4. The number of anilines is 2. The molecule has 8 nitrogen and oxygen atoms in total. The van der Waals surface area contributed by atoms with E-state index in [1.54, 1.807) is 19.1 Å². The fraction of sp³-hybridized carbons (Fsp3) is 0.316. The zero-order valence-corrected chi connectivity index (χ0v) is 16.2. The molecule has 0 aliphatic carbocycles. The number of carbonyl (C=O) groups is 1. The van der Waals surface area contributed by atoms with Crippen LogP contribution < -0.4 is 10.2 Å². The van der Waals surface area contributed by atoms with E-state index in [0.717, 1.165) is 25.9 Å². The Morgan fingerprint density at radius 2 is 1.79 bits per heavy atom. The Morgan fingerprint density at radius 1 is 1.14 bits per heavy atom. The Hall–Kier alpha value is -2.94. The highest BCUT2D eigenvalue weighted by Crippen LogP contribution is 2.32. The van der Waals surface area contributed by atoms with Crippen LogP contribution in [0.1, 0.15) is 30.1 Å². The number of benzene rings is 2. The number of amides is 1. The average Bonchev–Trinajstić information content (AvgIpc) is 3.22. The van der Waals surface area contributed by atoms with Crippen molar-refractivity contribution >= 4 is 32.8 Å². The number of nitrogens with zero attached hydrogens (tertiary/aromatic N) is 2. The number of nitrogens with one attached hydrogen (secondary N) is 1. The summed E-state index contributed by atoms with van der Waals surface area (Å²) in [4.78, 5) is 25.6. The summed E-state index contributed by atoms with van der Waals surface area (Å²) in [5.41, 5.74) is 0.998. The minimum Gasteiger partial charge on any atom is -0.366 e. The SMILES string of the molecule is CCS(=O)(=O)c1ccc(NC(=O)c2ccc(N3CCCC3)c([N+](=O)[O-])c2)cc1. The molecule has 2 aromatic rings. The molecule has 28 heavy (non-hydrogen) atoms. The maximum Gasteiger partial charge on any atom is 0.293 e. The van der Waals surface area contributed by atoms with E-state index in [1.807, 2.05) is 4.90 Å². The molecule has 1 aliphatic rings. The lowest BCUT2D eigenvalue weighted by Crippen LogP contribution is -2.19. The summed E-state index contributed by atoms with van der Waals surface area (Å²) in [6.07, 6.45) is 1.98. The fourth-order valence-corrected chi connectivity index (χ4v) is 4.04. The number of nitro benzene ring substituents is 1.